The molecule has 0 unspecified atom stereocenters. The Morgan fingerprint density at radius 1 is 1.04 bits per heavy atom. The summed E-state index contributed by atoms with van der Waals surface area (Å²) in [6.45, 7) is 5.01. The monoisotopic (exact) mass is 382 g/mol. The topological polar surface area (TPSA) is 76.7 Å². The first kappa shape index (κ1) is 19.9. The molecule has 0 spiro atoms. The fourth-order valence-corrected chi connectivity index (χ4v) is 2.79. The Morgan fingerprint density at radius 3 is 2.25 bits per heavy atom. The summed E-state index contributed by atoms with van der Waals surface area (Å²) in [5.74, 6) is 0.387. The summed E-state index contributed by atoms with van der Waals surface area (Å²) in [6, 6.07) is 14.1. The lowest BCUT2D eigenvalue weighted by Gasteiger charge is -2.12. The molecule has 0 bridgehead atoms. The number of nitrogens with one attached hydrogen (secondary N) is 2. The molecule has 2 amide bonds. The molecular formula is C22H26N2O4. The maximum Gasteiger partial charge on any atom is 0.255 e. The number of carbonyl (C=O) groups excluding carboxylic acids is 2. The van der Waals surface area contributed by atoms with Gasteiger partial charge in [0.15, 0.2) is 0 Å². The van der Waals surface area contributed by atoms with Crippen LogP contribution in [0.1, 0.15) is 37.0 Å². The Bertz CT molecular complexity index is 794. The van der Waals surface area contributed by atoms with Gasteiger partial charge < -0.3 is 20.1 Å². The summed E-state index contributed by atoms with van der Waals surface area (Å²) in [6.07, 6.45) is 2.27. The fourth-order valence-electron chi connectivity index (χ4n) is 2.79. The number of benzene rings is 2. The van der Waals surface area contributed by atoms with Gasteiger partial charge in [-0.1, -0.05) is 13.8 Å². The lowest BCUT2D eigenvalue weighted by molar-refractivity contribution is -0.118. The normalized spacial score (nSPS) is 16.0. The van der Waals surface area contributed by atoms with E-state index >= 15 is 0 Å². The second-order valence-corrected chi connectivity index (χ2v) is 7.15. The van der Waals surface area contributed by atoms with Crippen molar-refractivity contribution in [1.82, 2.24) is 0 Å². The van der Waals surface area contributed by atoms with Gasteiger partial charge in [-0.05, 0) is 61.4 Å². The average molecular weight is 382 g/mol. The third-order valence-electron chi connectivity index (χ3n) is 4.51. The third kappa shape index (κ3) is 5.57. The maximum absolute atomic E-state index is 12.4. The largest absolute Gasteiger partial charge is 0.491 e. The minimum Gasteiger partial charge on any atom is -0.491 e. The summed E-state index contributed by atoms with van der Waals surface area (Å²) < 4.78 is 11.2. The van der Waals surface area contributed by atoms with Gasteiger partial charge in [0.05, 0.1) is 6.10 Å². The van der Waals surface area contributed by atoms with E-state index in [2.05, 4.69) is 10.6 Å². The lowest BCUT2D eigenvalue weighted by atomic mass is 10.2. The Balaban J connectivity index is 1.51. The van der Waals surface area contributed by atoms with Gasteiger partial charge in [0.25, 0.3) is 5.91 Å². The zero-order valence-corrected chi connectivity index (χ0v) is 16.2. The van der Waals surface area contributed by atoms with Crippen LogP contribution in [0.15, 0.2) is 48.5 Å². The second-order valence-electron chi connectivity index (χ2n) is 7.15. The predicted molar refractivity (Wildman–Crippen MR) is 109 cm³/mol. The van der Waals surface area contributed by atoms with E-state index in [9.17, 15) is 9.59 Å². The van der Waals surface area contributed by atoms with E-state index in [-0.39, 0.29) is 23.8 Å². The van der Waals surface area contributed by atoms with Crippen molar-refractivity contribution in [2.75, 3.05) is 23.8 Å². The lowest BCUT2D eigenvalue weighted by Crippen LogP contribution is -2.17. The molecule has 1 atom stereocenters. The number of ether oxygens (including phenoxy) is 2. The Kier molecular flexibility index (Phi) is 6.66. The molecule has 2 N–H and O–H groups in total. The highest BCUT2D eigenvalue weighted by Gasteiger charge is 2.16. The van der Waals surface area contributed by atoms with Gasteiger partial charge in [0, 0.05) is 29.5 Å². The first-order valence-corrected chi connectivity index (χ1v) is 9.58. The number of rotatable bonds is 7. The summed E-state index contributed by atoms with van der Waals surface area (Å²) in [4.78, 5) is 24.1. The predicted octanol–water partition coefficient (Wildman–Crippen LogP) is 4.09. The minimum absolute atomic E-state index is 0.0430. The summed E-state index contributed by atoms with van der Waals surface area (Å²) in [7, 11) is 0. The zero-order valence-electron chi connectivity index (χ0n) is 16.2. The van der Waals surface area contributed by atoms with Crippen molar-refractivity contribution >= 4 is 23.2 Å². The van der Waals surface area contributed by atoms with Crippen LogP contribution in [-0.4, -0.2) is 31.1 Å². The Hall–Kier alpha value is -2.86. The summed E-state index contributed by atoms with van der Waals surface area (Å²) in [5.41, 5.74) is 1.90. The average Bonchev–Trinajstić information content (AvgIpc) is 3.22. The van der Waals surface area contributed by atoms with Crippen LogP contribution in [-0.2, 0) is 9.53 Å². The number of hydrogen-bond donors (Lipinski definition) is 2. The van der Waals surface area contributed by atoms with Crippen LogP contribution in [0.5, 0.6) is 5.75 Å². The van der Waals surface area contributed by atoms with Crippen LogP contribution < -0.4 is 15.4 Å². The van der Waals surface area contributed by atoms with Crippen LogP contribution in [0.3, 0.4) is 0 Å². The first-order chi connectivity index (χ1) is 13.5. The Labute approximate surface area is 165 Å². The van der Waals surface area contributed by atoms with Crippen molar-refractivity contribution in [2.45, 2.75) is 32.8 Å². The SMILES string of the molecule is CC(C)C(=O)Nc1ccc(NC(=O)c2ccc(OC[C@H]3CCCO3)cc2)cc1. The summed E-state index contributed by atoms with van der Waals surface area (Å²) >= 11 is 0. The molecule has 0 saturated carbocycles. The molecule has 6 nitrogen and oxygen atoms in total. The van der Waals surface area contributed by atoms with Gasteiger partial charge >= 0.3 is 0 Å². The van der Waals surface area contributed by atoms with Crippen LogP contribution in [0.2, 0.25) is 0 Å². The van der Waals surface area contributed by atoms with Gasteiger partial charge in [-0.3, -0.25) is 9.59 Å². The minimum atomic E-state index is -0.204. The quantitative estimate of drug-likeness (QED) is 0.756. The molecule has 2 aromatic rings. The molecule has 6 heteroatoms. The molecule has 1 fully saturated rings. The molecule has 2 aromatic carbocycles. The van der Waals surface area contributed by atoms with Gasteiger partial charge in [-0.25, -0.2) is 0 Å². The van der Waals surface area contributed by atoms with Crippen LogP contribution in [0.25, 0.3) is 0 Å². The van der Waals surface area contributed by atoms with Crippen LogP contribution >= 0.6 is 0 Å². The highest BCUT2D eigenvalue weighted by molar-refractivity contribution is 6.04. The molecule has 0 radical (unpaired) electrons. The number of hydrogen-bond acceptors (Lipinski definition) is 4. The standard InChI is InChI=1S/C22H26N2O4/c1-15(2)21(25)23-17-7-9-18(10-8-17)24-22(26)16-5-11-19(12-6-16)28-14-20-4-3-13-27-20/h5-12,15,20H,3-4,13-14H2,1-2H3,(H,23,25)(H,24,26)/t20-/m1/s1. The molecular weight excluding hydrogens is 356 g/mol. The van der Waals surface area contributed by atoms with Gasteiger partial charge in [-0.15, -0.1) is 0 Å². The van der Waals surface area contributed by atoms with Crippen molar-refractivity contribution in [2.24, 2.45) is 5.92 Å². The highest BCUT2D eigenvalue weighted by atomic mass is 16.5. The molecule has 148 valence electrons. The second kappa shape index (κ2) is 9.37. The van der Waals surface area contributed by atoms with Crippen molar-refractivity contribution in [3.05, 3.63) is 54.1 Å². The molecule has 1 aliphatic heterocycles. The smallest absolute Gasteiger partial charge is 0.255 e. The van der Waals surface area contributed by atoms with E-state index in [1.165, 1.54) is 0 Å². The first-order valence-electron chi connectivity index (χ1n) is 9.58. The van der Waals surface area contributed by atoms with E-state index in [0.717, 1.165) is 25.2 Å². The van der Waals surface area contributed by atoms with Gasteiger partial charge in [0.1, 0.15) is 12.4 Å². The molecule has 1 aliphatic rings. The van der Waals surface area contributed by atoms with Crippen molar-refractivity contribution < 1.29 is 19.1 Å². The van der Waals surface area contributed by atoms with E-state index in [1.54, 1.807) is 48.5 Å². The van der Waals surface area contributed by atoms with E-state index in [1.807, 2.05) is 13.8 Å². The molecule has 0 aromatic heterocycles. The Morgan fingerprint density at radius 2 is 1.68 bits per heavy atom. The third-order valence-corrected chi connectivity index (χ3v) is 4.51. The summed E-state index contributed by atoms with van der Waals surface area (Å²) in [5, 5.41) is 5.66. The van der Waals surface area contributed by atoms with E-state index in [0.29, 0.717) is 23.5 Å². The van der Waals surface area contributed by atoms with Gasteiger partial charge in [0.2, 0.25) is 5.91 Å². The number of anilines is 2. The van der Waals surface area contributed by atoms with E-state index < -0.39 is 0 Å². The highest BCUT2D eigenvalue weighted by Crippen LogP contribution is 2.18. The van der Waals surface area contributed by atoms with Gasteiger partial charge in [-0.2, -0.15) is 0 Å². The maximum atomic E-state index is 12.4. The van der Waals surface area contributed by atoms with Crippen molar-refractivity contribution in [3.8, 4) is 5.75 Å². The van der Waals surface area contributed by atoms with Crippen LogP contribution in [0, 0.1) is 5.92 Å². The van der Waals surface area contributed by atoms with Crippen LogP contribution in [0.4, 0.5) is 11.4 Å². The fraction of sp³-hybridized carbons (Fsp3) is 0.364. The van der Waals surface area contributed by atoms with Crippen molar-refractivity contribution in [3.63, 3.8) is 0 Å². The molecule has 28 heavy (non-hydrogen) atoms. The molecule has 3 rings (SSSR count). The van der Waals surface area contributed by atoms with Crippen molar-refractivity contribution in [1.29, 1.82) is 0 Å². The molecule has 1 heterocycles. The zero-order chi connectivity index (χ0) is 19.9. The molecule has 0 aliphatic carbocycles. The number of amides is 2. The molecule has 1 saturated heterocycles. The van der Waals surface area contributed by atoms with E-state index in [4.69, 9.17) is 9.47 Å². The number of carbonyl (C=O) groups is 2.